The highest BCUT2D eigenvalue weighted by Crippen LogP contribution is 2.25. The Balaban J connectivity index is 1.74. The van der Waals surface area contributed by atoms with Gasteiger partial charge in [-0.3, -0.25) is 0 Å². The first-order chi connectivity index (χ1) is 9.72. The molecule has 2 heterocycles. The molecule has 0 unspecified atom stereocenters. The van der Waals surface area contributed by atoms with Gasteiger partial charge in [-0.05, 0) is 36.8 Å². The molecule has 0 atom stereocenters. The Morgan fingerprint density at radius 2 is 2.25 bits per heavy atom. The fourth-order valence-electron chi connectivity index (χ4n) is 1.92. The van der Waals surface area contributed by atoms with Crippen molar-refractivity contribution < 1.29 is 4.42 Å². The van der Waals surface area contributed by atoms with E-state index in [0.717, 1.165) is 28.4 Å². The van der Waals surface area contributed by atoms with Gasteiger partial charge in [-0.1, -0.05) is 11.6 Å². The molecule has 0 aliphatic carbocycles. The second-order valence-electron chi connectivity index (χ2n) is 4.36. The van der Waals surface area contributed by atoms with Gasteiger partial charge in [-0.2, -0.15) is 0 Å². The van der Waals surface area contributed by atoms with Gasteiger partial charge < -0.3 is 9.73 Å². The molecule has 0 fully saturated rings. The number of hydrogen-bond donors (Lipinski definition) is 1. The van der Waals surface area contributed by atoms with Crippen LogP contribution in [0.1, 0.15) is 10.4 Å². The molecule has 0 bridgehead atoms. The quantitative estimate of drug-likeness (QED) is 0.777. The van der Waals surface area contributed by atoms with Gasteiger partial charge >= 0.3 is 0 Å². The Hall–Kier alpha value is -1.85. The predicted molar refractivity (Wildman–Crippen MR) is 81.1 cm³/mol. The molecule has 0 spiro atoms. The van der Waals surface area contributed by atoms with Crippen LogP contribution in [0.3, 0.4) is 0 Å². The summed E-state index contributed by atoms with van der Waals surface area (Å²) in [6, 6.07) is 7.98. The van der Waals surface area contributed by atoms with Crippen molar-refractivity contribution >= 4 is 28.6 Å². The molecule has 4 nitrogen and oxygen atoms in total. The summed E-state index contributed by atoms with van der Waals surface area (Å²) < 4.78 is 5.19. The zero-order valence-electron chi connectivity index (χ0n) is 10.8. The van der Waals surface area contributed by atoms with Crippen molar-refractivity contribution in [2.45, 2.75) is 13.5 Å². The molecule has 0 aliphatic rings. The van der Waals surface area contributed by atoms with Crippen LogP contribution in [0.2, 0.25) is 5.02 Å². The van der Waals surface area contributed by atoms with Gasteiger partial charge in [0.1, 0.15) is 0 Å². The van der Waals surface area contributed by atoms with Crippen molar-refractivity contribution in [3.8, 4) is 11.5 Å². The first-order valence-electron chi connectivity index (χ1n) is 6.06. The van der Waals surface area contributed by atoms with E-state index >= 15 is 0 Å². The van der Waals surface area contributed by atoms with Crippen molar-refractivity contribution in [2.75, 3.05) is 5.32 Å². The van der Waals surface area contributed by atoms with E-state index in [4.69, 9.17) is 16.0 Å². The van der Waals surface area contributed by atoms with Crippen LogP contribution in [-0.4, -0.2) is 10.2 Å². The molecule has 1 aromatic carbocycles. The largest absolute Gasteiger partial charge is 0.423 e. The van der Waals surface area contributed by atoms with E-state index in [-0.39, 0.29) is 0 Å². The lowest BCUT2D eigenvalue weighted by atomic mass is 10.1. The third-order valence-corrected chi connectivity index (χ3v) is 4.19. The SMILES string of the molecule is Cc1cc(-c2nnco2)ccc1NCc1cc(Cl)cs1. The third kappa shape index (κ3) is 2.84. The first-order valence-corrected chi connectivity index (χ1v) is 7.32. The van der Waals surface area contributed by atoms with Gasteiger partial charge in [0, 0.05) is 28.1 Å². The number of halogens is 1. The molecule has 0 saturated heterocycles. The molecule has 0 aliphatic heterocycles. The minimum atomic E-state index is 0.532. The van der Waals surface area contributed by atoms with Crippen LogP contribution in [-0.2, 0) is 6.54 Å². The van der Waals surface area contributed by atoms with Crippen LogP contribution in [0.15, 0.2) is 40.5 Å². The molecule has 3 aromatic rings. The topological polar surface area (TPSA) is 51.0 Å². The van der Waals surface area contributed by atoms with Crippen LogP contribution in [0, 0.1) is 6.92 Å². The van der Waals surface area contributed by atoms with Crippen molar-refractivity contribution in [3.05, 3.63) is 51.5 Å². The molecule has 6 heteroatoms. The predicted octanol–water partition coefficient (Wildman–Crippen LogP) is 4.37. The second kappa shape index (κ2) is 5.64. The number of anilines is 1. The minimum Gasteiger partial charge on any atom is -0.423 e. The summed E-state index contributed by atoms with van der Waals surface area (Å²) in [7, 11) is 0. The van der Waals surface area contributed by atoms with Crippen LogP contribution in [0.5, 0.6) is 0 Å². The smallest absolute Gasteiger partial charge is 0.247 e. The molecule has 102 valence electrons. The molecule has 0 saturated carbocycles. The van der Waals surface area contributed by atoms with E-state index in [9.17, 15) is 0 Å². The van der Waals surface area contributed by atoms with Crippen LogP contribution < -0.4 is 5.32 Å². The van der Waals surface area contributed by atoms with Gasteiger partial charge in [-0.25, -0.2) is 0 Å². The summed E-state index contributed by atoms with van der Waals surface area (Å²) in [5.41, 5.74) is 3.13. The van der Waals surface area contributed by atoms with E-state index in [0.29, 0.717) is 5.89 Å². The Kier molecular flexibility index (Phi) is 3.71. The number of nitrogens with zero attached hydrogens (tertiary/aromatic N) is 2. The van der Waals surface area contributed by atoms with E-state index in [1.165, 1.54) is 11.3 Å². The number of hydrogen-bond acceptors (Lipinski definition) is 5. The monoisotopic (exact) mass is 305 g/mol. The third-order valence-electron chi connectivity index (χ3n) is 2.91. The summed E-state index contributed by atoms with van der Waals surface area (Å²) >= 11 is 7.56. The highest BCUT2D eigenvalue weighted by atomic mass is 35.5. The molecule has 2 aromatic heterocycles. The summed E-state index contributed by atoms with van der Waals surface area (Å²) in [6.07, 6.45) is 1.33. The summed E-state index contributed by atoms with van der Waals surface area (Å²) in [5.74, 6) is 0.532. The number of aryl methyl sites for hydroxylation is 1. The summed E-state index contributed by atoms with van der Waals surface area (Å²) in [4.78, 5) is 1.20. The van der Waals surface area contributed by atoms with E-state index in [1.807, 2.05) is 36.6 Å². The molecule has 3 rings (SSSR count). The Morgan fingerprint density at radius 1 is 1.35 bits per heavy atom. The fourth-order valence-corrected chi connectivity index (χ4v) is 2.94. The number of rotatable bonds is 4. The molecular formula is C14H12ClN3OS. The Bertz CT molecular complexity index is 709. The van der Waals surface area contributed by atoms with Crippen LogP contribution >= 0.6 is 22.9 Å². The van der Waals surface area contributed by atoms with Crippen molar-refractivity contribution in [1.82, 2.24) is 10.2 Å². The maximum atomic E-state index is 5.91. The minimum absolute atomic E-state index is 0.532. The maximum Gasteiger partial charge on any atom is 0.247 e. The Labute approximate surface area is 125 Å². The number of thiophene rings is 1. The molecule has 0 amide bonds. The van der Waals surface area contributed by atoms with Gasteiger partial charge in [-0.15, -0.1) is 21.5 Å². The lowest BCUT2D eigenvalue weighted by Gasteiger charge is -2.09. The van der Waals surface area contributed by atoms with Crippen molar-refractivity contribution in [3.63, 3.8) is 0 Å². The van der Waals surface area contributed by atoms with Crippen LogP contribution in [0.25, 0.3) is 11.5 Å². The highest BCUT2D eigenvalue weighted by molar-refractivity contribution is 7.10. The number of nitrogens with one attached hydrogen (secondary N) is 1. The maximum absolute atomic E-state index is 5.91. The molecule has 20 heavy (non-hydrogen) atoms. The van der Waals surface area contributed by atoms with Gasteiger partial charge in [0.15, 0.2) is 0 Å². The Morgan fingerprint density at radius 3 is 2.90 bits per heavy atom. The zero-order valence-corrected chi connectivity index (χ0v) is 12.3. The fraction of sp³-hybridized carbons (Fsp3) is 0.143. The first kappa shape index (κ1) is 13.1. The lowest BCUT2D eigenvalue weighted by molar-refractivity contribution is 0.568. The van der Waals surface area contributed by atoms with E-state index in [1.54, 1.807) is 11.3 Å². The standard InChI is InChI=1S/C14H12ClN3OS/c1-9-4-10(14-18-17-8-19-14)2-3-13(9)16-6-12-5-11(15)7-20-12/h2-5,7-8,16H,6H2,1H3. The molecular weight excluding hydrogens is 294 g/mol. The van der Waals surface area contributed by atoms with Crippen molar-refractivity contribution in [2.24, 2.45) is 0 Å². The zero-order chi connectivity index (χ0) is 13.9. The number of benzene rings is 1. The average molecular weight is 306 g/mol. The number of aromatic nitrogens is 2. The lowest BCUT2D eigenvalue weighted by Crippen LogP contribution is -1.99. The molecule has 0 radical (unpaired) electrons. The molecule has 1 N–H and O–H groups in total. The van der Waals surface area contributed by atoms with Crippen molar-refractivity contribution in [1.29, 1.82) is 0 Å². The summed E-state index contributed by atoms with van der Waals surface area (Å²) in [6.45, 7) is 2.81. The van der Waals surface area contributed by atoms with Gasteiger partial charge in [0.25, 0.3) is 0 Å². The average Bonchev–Trinajstić information content (AvgIpc) is 3.08. The summed E-state index contributed by atoms with van der Waals surface area (Å²) in [5, 5.41) is 13.7. The van der Waals surface area contributed by atoms with E-state index in [2.05, 4.69) is 15.5 Å². The second-order valence-corrected chi connectivity index (χ2v) is 5.79. The highest BCUT2D eigenvalue weighted by Gasteiger charge is 2.06. The normalized spacial score (nSPS) is 10.7. The van der Waals surface area contributed by atoms with E-state index < -0.39 is 0 Å². The van der Waals surface area contributed by atoms with Gasteiger partial charge in [0.05, 0.1) is 5.02 Å². The van der Waals surface area contributed by atoms with Crippen LogP contribution in [0.4, 0.5) is 5.69 Å². The van der Waals surface area contributed by atoms with Gasteiger partial charge in [0.2, 0.25) is 12.3 Å².